The van der Waals surface area contributed by atoms with Crippen molar-refractivity contribution in [1.82, 2.24) is 4.90 Å². The summed E-state index contributed by atoms with van der Waals surface area (Å²) >= 11 is 11.5. The highest BCUT2D eigenvalue weighted by molar-refractivity contribution is 6.42. The Hall–Kier alpha value is -1.44. The third kappa shape index (κ3) is 3.30. The van der Waals surface area contributed by atoms with E-state index < -0.39 is 0 Å². The van der Waals surface area contributed by atoms with Crippen LogP contribution >= 0.6 is 23.2 Å². The van der Waals surface area contributed by atoms with Gasteiger partial charge in [-0.3, -0.25) is 0 Å². The molecule has 1 N–H and O–H groups in total. The van der Waals surface area contributed by atoms with E-state index in [2.05, 4.69) is 5.32 Å². The average molecular weight is 258 g/mol. The van der Waals surface area contributed by atoms with Crippen LogP contribution in [0.2, 0.25) is 10.0 Å². The smallest absolute Gasteiger partial charge is 0.314 e. The summed E-state index contributed by atoms with van der Waals surface area (Å²) in [4.78, 5) is 12.7. The fourth-order valence-electron chi connectivity index (χ4n) is 0.971. The number of hydrogen-bond acceptors (Lipinski definition) is 2. The molecule has 16 heavy (non-hydrogen) atoms. The lowest BCUT2D eigenvalue weighted by atomic mass is 10.3. The second kappa shape index (κ2) is 5.59. The Kier molecular flexibility index (Phi) is 4.41. The summed E-state index contributed by atoms with van der Waals surface area (Å²) in [6, 6.07) is 6.26. The number of benzene rings is 1. The van der Waals surface area contributed by atoms with Crippen LogP contribution < -0.4 is 5.32 Å². The van der Waals surface area contributed by atoms with Crippen molar-refractivity contribution >= 4 is 34.9 Å². The first-order chi connectivity index (χ1) is 7.54. The third-order valence-corrected chi connectivity index (χ3v) is 2.56. The van der Waals surface area contributed by atoms with Crippen molar-refractivity contribution in [3.05, 3.63) is 28.2 Å². The molecule has 0 atom stereocenters. The van der Waals surface area contributed by atoms with Crippen molar-refractivity contribution in [2.24, 2.45) is 0 Å². The van der Waals surface area contributed by atoms with Crippen LogP contribution in [0.5, 0.6) is 0 Å². The summed E-state index contributed by atoms with van der Waals surface area (Å²) in [5, 5.41) is 11.8. The molecule has 84 valence electrons. The molecule has 0 fully saturated rings. The highest BCUT2D eigenvalue weighted by Gasteiger charge is 2.08. The number of hydrogen-bond donors (Lipinski definition) is 1. The van der Waals surface area contributed by atoms with Gasteiger partial charge in [-0.05, 0) is 18.2 Å². The van der Waals surface area contributed by atoms with Crippen LogP contribution in [0.25, 0.3) is 0 Å². The van der Waals surface area contributed by atoms with Crippen LogP contribution in [0.1, 0.15) is 0 Å². The molecule has 0 spiro atoms. The van der Waals surface area contributed by atoms with E-state index in [0.29, 0.717) is 15.7 Å². The molecule has 0 aliphatic heterocycles. The van der Waals surface area contributed by atoms with Gasteiger partial charge in [0.15, 0.2) is 0 Å². The number of nitrogens with one attached hydrogen (secondary N) is 1. The molecule has 1 aromatic carbocycles. The van der Waals surface area contributed by atoms with Gasteiger partial charge < -0.3 is 10.2 Å². The van der Waals surface area contributed by atoms with Gasteiger partial charge in [-0.25, -0.2) is 4.79 Å². The van der Waals surface area contributed by atoms with Gasteiger partial charge >= 0.3 is 6.03 Å². The predicted molar refractivity (Wildman–Crippen MR) is 63.7 cm³/mol. The zero-order valence-electron chi connectivity index (χ0n) is 8.50. The van der Waals surface area contributed by atoms with E-state index in [4.69, 9.17) is 28.5 Å². The molecule has 0 aliphatic carbocycles. The Labute approximate surface area is 103 Å². The summed E-state index contributed by atoms with van der Waals surface area (Å²) in [5.41, 5.74) is 0.532. The molecular formula is C10H9Cl2N3O. The number of carbonyl (C=O) groups excluding carboxylic acids is 1. The van der Waals surface area contributed by atoms with Crippen LogP contribution in [0.4, 0.5) is 10.5 Å². The maximum absolute atomic E-state index is 11.5. The van der Waals surface area contributed by atoms with Gasteiger partial charge in [0.25, 0.3) is 0 Å². The largest absolute Gasteiger partial charge is 0.322 e. The minimum Gasteiger partial charge on any atom is -0.314 e. The van der Waals surface area contributed by atoms with E-state index in [-0.39, 0.29) is 12.6 Å². The lowest BCUT2D eigenvalue weighted by Crippen LogP contribution is -2.31. The average Bonchev–Trinajstić information content (AvgIpc) is 2.24. The standard InChI is InChI=1S/C10H9Cl2N3O/c1-15(5-4-13)10(16)14-7-2-3-8(11)9(12)6-7/h2-3,6H,5H2,1H3,(H,14,16). The number of nitriles is 1. The normalized spacial score (nSPS) is 9.38. The fourth-order valence-corrected chi connectivity index (χ4v) is 1.27. The molecule has 0 saturated heterocycles. The second-order valence-electron chi connectivity index (χ2n) is 3.07. The van der Waals surface area contributed by atoms with E-state index in [9.17, 15) is 4.79 Å². The second-order valence-corrected chi connectivity index (χ2v) is 3.89. The van der Waals surface area contributed by atoms with Crippen molar-refractivity contribution in [2.45, 2.75) is 0 Å². The number of amides is 2. The number of rotatable bonds is 2. The predicted octanol–water partition coefficient (Wildman–Crippen LogP) is 2.98. The van der Waals surface area contributed by atoms with Gasteiger partial charge in [-0.2, -0.15) is 5.26 Å². The first-order valence-corrected chi connectivity index (χ1v) is 5.14. The van der Waals surface area contributed by atoms with Gasteiger partial charge in [-0.15, -0.1) is 0 Å². The fraction of sp³-hybridized carbons (Fsp3) is 0.200. The number of anilines is 1. The van der Waals surface area contributed by atoms with Gasteiger partial charge in [0, 0.05) is 12.7 Å². The highest BCUT2D eigenvalue weighted by atomic mass is 35.5. The van der Waals surface area contributed by atoms with Gasteiger partial charge in [0.2, 0.25) is 0 Å². The molecule has 4 nitrogen and oxygen atoms in total. The summed E-state index contributed by atoms with van der Waals surface area (Å²) < 4.78 is 0. The topological polar surface area (TPSA) is 56.1 Å². The number of nitrogens with zero attached hydrogens (tertiary/aromatic N) is 2. The van der Waals surface area contributed by atoms with Crippen molar-refractivity contribution in [3.8, 4) is 6.07 Å². The molecular weight excluding hydrogens is 249 g/mol. The SMILES string of the molecule is CN(CC#N)C(=O)Nc1ccc(Cl)c(Cl)c1. The summed E-state index contributed by atoms with van der Waals surface area (Å²) in [6.07, 6.45) is 0. The zero-order valence-corrected chi connectivity index (χ0v) is 10.0. The van der Waals surface area contributed by atoms with Crippen molar-refractivity contribution in [3.63, 3.8) is 0 Å². The van der Waals surface area contributed by atoms with E-state index in [0.717, 1.165) is 0 Å². The lowest BCUT2D eigenvalue weighted by molar-refractivity contribution is 0.227. The van der Waals surface area contributed by atoms with Gasteiger partial charge in [0.1, 0.15) is 6.54 Å². The molecule has 0 aliphatic rings. The third-order valence-electron chi connectivity index (χ3n) is 1.83. The monoisotopic (exact) mass is 257 g/mol. The summed E-state index contributed by atoms with van der Waals surface area (Å²) in [6.45, 7) is 0.0210. The van der Waals surface area contributed by atoms with Crippen LogP contribution in [0.3, 0.4) is 0 Å². The van der Waals surface area contributed by atoms with Gasteiger partial charge in [0.05, 0.1) is 16.1 Å². The molecule has 2 amide bonds. The Morgan fingerprint density at radius 1 is 1.50 bits per heavy atom. The first-order valence-electron chi connectivity index (χ1n) is 4.38. The zero-order chi connectivity index (χ0) is 12.1. The molecule has 0 heterocycles. The first kappa shape index (κ1) is 12.6. The van der Waals surface area contributed by atoms with Crippen molar-refractivity contribution in [1.29, 1.82) is 5.26 Å². The van der Waals surface area contributed by atoms with Crippen molar-refractivity contribution < 1.29 is 4.79 Å². The highest BCUT2D eigenvalue weighted by Crippen LogP contribution is 2.24. The Bertz CT molecular complexity index is 442. The van der Waals surface area contributed by atoms with Crippen molar-refractivity contribution in [2.75, 3.05) is 18.9 Å². The van der Waals surface area contributed by atoms with E-state index >= 15 is 0 Å². The lowest BCUT2D eigenvalue weighted by Gasteiger charge is -2.14. The maximum Gasteiger partial charge on any atom is 0.322 e. The molecule has 0 radical (unpaired) electrons. The van der Waals surface area contributed by atoms with E-state index in [1.807, 2.05) is 6.07 Å². The number of carbonyl (C=O) groups is 1. The van der Waals surface area contributed by atoms with Crippen LogP contribution in [-0.2, 0) is 0 Å². The van der Waals surface area contributed by atoms with Crippen LogP contribution in [0, 0.1) is 11.3 Å². The maximum atomic E-state index is 11.5. The van der Waals surface area contributed by atoms with Crippen LogP contribution in [-0.4, -0.2) is 24.5 Å². The minimum absolute atomic E-state index is 0.0210. The molecule has 0 bridgehead atoms. The molecule has 6 heteroatoms. The van der Waals surface area contributed by atoms with E-state index in [1.165, 1.54) is 11.9 Å². The van der Waals surface area contributed by atoms with E-state index in [1.54, 1.807) is 18.2 Å². The molecule has 1 aromatic rings. The minimum atomic E-state index is -0.375. The Morgan fingerprint density at radius 2 is 2.19 bits per heavy atom. The van der Waals surface area contributed by atoms with Crippen LogP contribution in [0.15, 0.2) is 18.2 Å². The van der Waals surface area contributed by atoms with Gasteiger partial charge in [-0.1, -0.05) is 23.2 Å². The summed E-state index contributed by atoms with van der Waals surface area (Å²) in [7, 11) is 1.52. The Balaban J connectivity index is 2.70. The quantitative estimate of drug-likeness (QED) is 0.829. The molecule has 0 aromatic heterocycles. The number of urea groups is 1. The Morgan fingerprint density at radius 3 is 2.75 bits per heavy atom. The summed E-state index contributed by atoms with van der Waals surface area (Å²) in [5.74, 6) is 0. The number of halogens is 2. The molecule has 0 unspecified atom stereocenters. The molecule has 1 rings (SSSR count). The molecule has 0 saturated carbocycles.